The number of hydrogen-bond donors (Lipinski definition) is 0. The van der Waals surface area contributed by atoms with Crippen LogP contribution in [0, 0.1) is 24.7 Å². The third-order valence-corrected chi connectivity index (χ3v) is 10.3. The van der Waals surface area contributed by atoms with Crippen LogP contribution in [0.15, 0.2) is 59.5 Å². The van der Waals surface area contributed by atoms with Crippen LogP contribution in [-0.2, 0) is 35.6 Å². The van der Waals surface area contributed by atoms with Gasteiger partial charge in [-0.2, -0.15) is 4.31 Å². The minimum Gasteiger partial charge on any atom is -0.469 e. The van der Waals surface area contributed by atoms with Crippen LogP contribution >= 0.6 is 0 Å². The zero-order valence-electron chi connectivity index (χ0n) is 21.5. The quantitative estimate of drug-likeness (QED) is 0.512. The van der Waals surface area contributed by atoms with Crippen molar-refractivity contribution in [1.29, 1.82) is 0 Å². The number of benzene rings is 2. The van der Waals surface area contributed by atoms with Crippen molar-refractivity contribution in [1.82, 2.24) is 9.21 Å². The summed E-state index contributed by atoms with van der Waals surface area (Å²) in [5, 5.41) is 0. The lowest BCUT2D eigenvalue weighted by molar-refractivity contribution is -0.188. The van der Waals surface area contributed by atoms with Gasteiger partial charge in [-0.05, 0) is 56.2 Å². The molecule has 2 aromatic rings. The molecule has 0 spiro atoms. The summed E-state index contributed by atoms with van der Waals surface area (Å²) in [5.41, 5.74) is 0.448. The second-order valence-corrected chi connectivity index (χ2v) is 12.2. The molecule has 4 fully saturated rings. The Hall–Kier alpha value is -2.75. The Morgan fingerprint density at radius 1 is 1.08 bits per heavy atom. The van der Waals surface area contributed by atoms with Gasteiger partial charge < -0.3 is 9.47 Å². The van der Waals surface area contributed by atoms with Gasteiger partial charge in [-0.1, -0.05) is 48.0 Å². The lowest BCUT2D eigenvalue weighted by Crippen LogP contribution is -2.78. The zero-order valence-corrected chi connectivity index (χ0v) is 22.3. The van der Waals surface area contributed by atoms with E-state index in [0.717, 1.165) is 11.1 Å². The molecule has 0 N–H and O–H groups in total. The van der Waals surface area contributed by atoms with E-state index in [1.54, 1.807) is 31.2 Å². The molecule has 2 aromatic carbocycles. The van der Waals surface area contributed by atoms with E-state index in [9.17, 15) is 18.0 Å². The Bertz CT molecular complexity index is 1270. The summed E-state index contributed by atoms with van der Waals surface area (Å²) < 4.78 is 40.6. The maximum Gasteiger partial charge on any atom is 0.329 e. The number of aryl methyl sites for hydroxylation is 1. The number of ether oxygens (including phenoxy) is 2. The molecule has 4 aliphatic rings. The first-order chi connectivity index (χ1) is 17.7. The van der Waals surface area contributed by atoms with E-state index < -0.39 is 39.5 Å². The molecule has 1 saturated carbocycles. The minimum atomic E-state index is -4.07. The first-order valence-electron chi connectivity index (χ1n) is 12.9. The molecular weight excluding hydrogens is 492 g/mol. The summed E-state index contributed by atoms with van der Waals surface area (Å²) >= 11 is 0. The van der Waals surface area contributed by atoms with Gasteiger partial charge in [-0.15, -0.1) is 0 Å². The van der Waals surface area contributed by atoms with Crippen molar-refractivity contribution >= 4 is 22.0 Å². The summed E-state index contributed by atoms with van der Waals surface area (Å²) in [6.07, 6.45) is 1.10. The SMILES string of the molecule is CCOC(=O)[C@]12[C@H](CCN1S(=O)(=O)c1ccc(C)cc1)[C@@H]1C[C@H](C(=O)OC)[C@H]2N(Cc2ccccc2)C1. The number of hydrogen-bond acceptors (Lipinski definition) is 7. The topological polar surface area (TPSA) is 93.2 Å². The monoisotopic (exact) mass is 526 g/mol. The molecule has 0 radical (unpaired) electrons. The van der Waals surface area contributed by atoms with Gasteiger partial charge in [0.15, 0.2) is 5.54 Å². The van der Waals surface area contributed by atoms with Crippen molar-refractivity contribution in [2.45, 2.75) is 49.7 Å². The van der Waals surface area contributed by atoms with E-state index in [1.165, 1.54) is 11.4 Å². The number of nitrogens with zero attached hydrogens (tertiary/aromatic N) is 2. The molecule has 37 heavy (non-hydrogen) atoms. The van der Waals surface area contributed by atoms with Crippen LogP contribution in [0.1, 0.15) is 30.9 Å². The molecule has 5 atom stereocenters. The molecule has 1 aliphatic carbocycles. The van der Waals surface area contributed by atoms with Gasteiger partial charge in [-0.25, -0.2) is 13.2 Å². The summed E-state index contributed by atoms with van der Waals surface area (Å²) in [7, 11) is -2.73. The van der Waals surface area contributed by atoms with Gasteiger partial charge >= 0.3 is 11.9 Å². The Labute approximate surface area is 218 Å². The third kappa shape index (κ3) is 4.08. The molecule has 3 aliphatic heterocycles. The van der Waals surface area contributed by atoms with E-state index in [-0.39, 0.29) is 29.9 Å². The van der Waals surface area contributed by atoms with E-state index in [0.29, 0.717) is 25.9 Å². The summed E-state index contributed by atoms with van der Waals surface area (Å²) in [5.74, 6) is -1.95. The van der Waals surface area contributed by atoms with Gasteiger partial charge in [-0.3, -0.25) is 9.69 Å². The number of carbonyl (C=O) groups is 2. The molecule has 9 heteroatoms. The molecule has 3 saturated heterocycles. The molecular formula is C28H34N2O6S. The van der Waals surface area contributed by atoms with Crippen molar-refractivity contribution < 1.29 is 27.5 Å². The highest BCUT2D eigenvalue weighted by molar-refractivity contribution is 7.89. The van der Waals surface area contributed by atoms with Crippen LogP contribution in [0.4, 0.5) is 0 Å². The van der Waals surface area contributed by atoms with Crippen molar-refractivity contribution in [3.05, 3.63) is 65.7 Å². The number of carbonyl (C=O) groups excluding carboxylic acids is 2. The number of rotatable bonds is 7. The Morgan fingerprint density at radius 3 is 2.43 bits per heavy atom. The Balaban J connectivity index is 1.68. The summed E-state index contributed by atoms with van der Waals surface area (Å²) in [6.45, 7) is 5.09. The van der Waals surface area contributed by atoms with E-state index in [4.69, 9.17) is 9.47 Å². The van der Waals surface area contributed by atoms with E-state index >= 15 is 0 Å². The number of piperidine rings is 2. The molecule has 0 unspecified atom stereocenters. The zero-order chi connectivity index (χ0) is 26.4. The molecule has 0 aromatic heterocycles. The number of esters is 2. The predicted molar refractivity (Wildman–Crippen MR) is 137 cm³/mol. The standard InChI is InChI=1S/C28H34N2O6S/c1-4-36-27(32)28-24(14-15-30(28)37(33,34)22-12-10-19(2)11-13-22)21-16-23(26(31)35-3)25(28)29(18-21)17-20-8-6-5-7-9-20/h5-13,21,23-25H,4,14-18H2,1-3H3/t21-,23+,24-,25-,28-/m1/s1. The van der Waals surface area contributed by atoms with Gasteiger partial charge in [0.25, 0.3) is 0 Å². The fourth-order valence-electron chi connectivity index (χ4n) is 7.02. The molecule has 8 nitrogen and oxygen atoms in total. The molecule has 198 valence electrons. The number of sulfonamides is 1. The second kappa shape index (κ2) is 9.85. The van der Waals surface area contributed by atoms with Crippen LogP contribution in [0.5, 0.6) is 0 Å². The smallest absolute Gasteiger partial charge is 0.329 e. The van der Waals surface area contributed by atoms with Crippen molar-refractivity contribution in [2.75, 3.05) is 26.8 Å². The highest BCUT2D eigenvalue weighted by Crippen LogP contribution is 2.58. The Kier molecular flexibility index (Phi) is 6.89. The summed E-state index contributed by atoms with van der Waals surface area (Å²) in [6, 6.07) is 15.8. The normalized spacial score (nSPS) is 29.6. The molecule has 3 heterocycles. The lowest BCUT2D eigenvalue weighted by atomic mass is 9.57. The number of fused-ring (bicyclic) bond motifs is 2. The number of methoxy groups -OCH3 is 1. The lowest BCUT2D eigenvalue weighted by Gasteiger charge is -2.61. The van der Waals surface area contributed by atoms with Crippen LogP contribution in [0.25, 0.3) is 0 Å². The van der Waals surface area contributed by atoms with Crippen LogP contribution in [0.2, 0.25) is 0 Å². The highest BCUT2D eigenvalue weighted by Gasteiger charge is 2.73. The Morgan fingerprint density at radius 2 is 1.78 bits per heavy atom. The first-order valence-corrected chi connectivity index (χ1v) is 14.3. The van der Waals surface area contributed by atoms with Crippen LogP contribution in [-0.4, -0.2) is 67.9 Å². The largest absolute Gasteiger partial charge is 0.469 e. The third-order valence-electron chi connectivity index (χ3n) is 8.39. The maximum atomic E-state index is 14.2. The molecule has 0 amide bonds. The minimum absolute atomic E-state index is 0.0552. The highest BCUT2D eigenvalue weighted by atomic mass is 32.2. The fraction of sp³-hybridized carbons (Fsp3) is 0.500. The van der Waals surface area contributed by atoms with Gasteiger partial charge in [0.2, 0.25) is 10.0 Å². The molecule has 6 rings (SSSR count). The van der Waals surface area contributed by atoms with Gasteiger partial charge in [0.1, 0.15) is 0 Å². The molecule has 2 bridgehead atoms. The van der Waals surface area contributed by atoms with E-state index in [1.807, 2.05) is 37.3 Å². The van der Waals surface area contributed by atoms with Crippen LogP contribution in [0.3, 0.4) is 0 Å². The second-order valence-electron chi connectivity index (χ2n) is 10.3. The summed E-state index contributed by atoms with van der Waals surface area (Å²) in [4.78, 5) is 29.5. The van der Waals surface area contributed by atoms with Crippen molar-refractivity contribution in [3.8, 4) is 0 Å². The maximum absolute atomic E-state index is 14.2. The average molecular weight is 527 g/mol. The van der Waals surface area contributed by atoms with Crippen molar-refractivity contribution in [2.24, 2.45) is 17.8 Å². The predicted octanol–water partition coefficient (Wildman–Crippen LogP) is 3.00. The van der Waals surface area contributed by atoms with Gasteiger partial charge in [0, 0.05) is 19.6 Å². The van der Waals surface area contributed by atoms with E-state index in [2.05, 4.69) is 4.90 Å². The fourth-order valence-corrected chi connectivity index (χ4v) is 8.81. The van der Waals surface area contributed by atoms with Gasteiger partial charge in [0.05, 0.1) is 30.6 Å². The van der Waals surface area contributed by atoms with Crippen molar-refractivity contribution in [3.63, 3.8) is 0 Å². The van der Waals surface area contributed by atoms with Crippen LogP contribution < -0.4 is 0 Å². The average Bonchev–Trinajstić information content (AvgIpc) is 3.33. The first kappa shape index (κ1) is 25.9.